The zero-order chi connectivity index (χ0) is 13.0. The number of rotatable bonds is 3. The molecule has 4 heteroatoms. The number of nitrogens with one attached hydrogen (secondary N) is 1. The zero-order valence-corrected chi connectivity index (χ0v) is 9.94. The summed E-state index contributed by atoms with van der Waals surface area (Å²) in [6.07, 6.45) is 1.72. The van der Waals surface area contributed by atoms with E-state index in [0.717, 1.165) is 11.3 Å². The van der Waals surface area contributed by atoms with E-state index in [1.165, 1.54) is 12.1 Å². The Morgan fingerprint density at radius 1 is 1.39 bits per heavy atom. The lowest BCUT2D eigenvalue weighted by molar-refractivity contribution is 0.627. The molecule has 0 radical (unpaired) electrons. The van der Waals surface area contributed by atoms with E-state index in [-0.39, 0.29) is 0 Å². The Kier molecular flexibility index (Phi) is 3.54. The van der Waals surface area contributed by atoms with Crippen LogP contribution in [0.5, 0.6) is 0 Å². The third-order valence-electron chi connectivity index (χ3n) is 2.60. The topological polar surface area (TPSA) is 48.7 Å². The predicted octanol–water partition coefficient (Wildman–Crippen LogP) is 3.01. The van der Waals surface area contributed by atoms with E-state index in [9.17, 15) is 4.39 Å². The van der Waals surface area contributed by atoms with Gasteiger partial charge in [-0.3, -0.25) is 4.98 Å². The molecule has 0 fully saturated rings. The van der Waals surface area contributed by atoms with Gasteiger partial charge < -0.3 is 5.32 Å². The average molecular weight is 241 g/mol. The van der Waals surface area contributed by atoms with E-state index in [1.807, 2.05) is 25.1 Å². The molecule has 0 bridgehead atoms. The quantitative estimate of drug-likeness (QED) is 0.898. The normalized spacial score (nSPS) is 9.83. The number of nitriles is 1. The first-order chi connectivity index (χ1) is 8.69. The Labute approximate surface area is 105 Å². The molecule has 0 aliphatic carbocycles. The second-order valence-electron chi connectivity index (χ2n) is 3.96. The van der Waals surface area contributed by atoms with Gasteiger partial charge in [-0.15, -0.1) is 0 Å². The maximum atomic E-state index is 13.2. The van der Waals surface area contributed by atoms with Gasteiger partial charge in [0.1, 0.15) is 5.82 Å². The SMILES string of the molecule is Cc1cccnc1CNc1cc(F)cc(C#N)c1. The van der Waals surface area contributed by atoms with Crippen LogP contribution in [0.25, 0.3) is 0 Å². The molecule has 0 spiro atoms. The highest BCUT2D eigenvalue weighted by atomic mass is 19.1. The maximum absolute atomic E-state index is 13.2. The van der Waals surface area contributed by atoms with Crippen LogP contribution in [0.3, 0.4) is 0 Å². The summed E-state index contributed by atoms with van der Waals surface area (Å²) in [7, 11) is 0. The molecule has 1 N–H and O–H groups in total. The molecule has 2 rings (SSSR count). The van der Waals surface area contributed by atoms with E-state index in [0.29, 0.717) is 17.8 Å². The smallest absolute Gasteiger partial charge is 0.126 e. The van der Waals surface area contributed by atoms with Crippen LogP contribution >= 0.6 is 0 Å². The van der Waals surface area contributed by atoms with Crippen molar-refractivity contribution < 1.29 is 4.39 Å². The van der Waals surface area contributed by atoms with Crippen molar-refractivity contribution in [2.75, 3.05) is 5.32 Å². The van der Waals surface area contributed by atoms with E-state index >= 15 is 0 Å². The Morgan fingerprint density at radius 3 is 2.94 bits per heavy atom. The summed E-state index contributed by atoms with van der Waals surface area (Å²) >= 11 is 0. The van der Waals surface area contributed by atoms with E-state index < -0.39 is 5.82 Å². The summed E-state index contributed by atoms with van der Waals surface area (Å²) in [5.74, 6) is -0.422. The van der Waals surface area contributed by atoms with Gasteiger partial charge in [-0.25, -0.2) is 4.39 Å². The molecule has 1 heterocycles. The largest absolute Gasteiger partial charge is 0.379 e. The number of hydrogen-bond donors (Lipinski definition) is 1. The van der Waals surface area contributed by atoms with Gasteiger partial charge in [0.05, 0.1) is 23.9 Å². The minimum atomic E-state index is -0.422. The van der Waals surface area contributed by atoms with Crippen LogP contribution in [0.2, 0.25) is 0 Å². The Balaban J connectivity index is 2.14. The summed E-state index contributed by atoms with van der Waals surface area (Å²) in [5, 5.41) is 11.8. The number of halogens is 1. The highest BCUT2D eigenvalue weighted by molar-refractivity contribution is 5.50. The van der Waals surface area contributed by atoms with Crippen molar-refractivity contribution in [3.05, 3.63) is 59.2 Å². The number of nitrogens with zero attached hydrogens (tertiary/aromatic N) is 2. The molecule has 0 aliphatic heterocycles. The van der Waals surface area contributed by atoms with Gasteiger partial charge in [-0.1, -0.05) is 6.07 Å². The van der Waals surface area contributed by atoms with Crippen molar-refractivity contribution in [2.24, 2.45) is 0 Å². The first-order valence-corrected chi connectivity index (χ1v) is 5.54. The van der Waals surface area contributed by atoms with Gasteiger partial charge in [-0.05, 0) is 36.8 Å². The maximum Gasteiger partial charge on any atom is 0.126 e. The van der Waals surface area contributed by atoms with Crippen LogP contribution in [0.1, 0.15) is 16.8 Å². The van der Waals surface area contributed by atoms with Crippen molar-refractivity contribution in [1.82, 2.24) is 4.98 Å². The number of hydrogen-bond acceptors (Lipinski definition) is 3. The molecule has 1 aromatic carbocycles. The molecule has 0 saturated heterocycles. The van der Waals surface area contributed by atoms with Crippen molar-refractivity contribution in [3.8, 4) is 6.07 Å². The first kappa shape index (κ1) is 12.1. The van der Waals surface area contributed by atoms with E-state index in [1.54, 1.807) is 12.3 Å². The van der Waals surface area contributed by atoms with Gasteiger partial charge in [-0.2, -0.15) is 5.26 Å². The lowest BCUT2D eigenvalue weighted by Gasteiger charge is -2.08. The summed E-state index contributed by atoms with van der Waals surface area (Å²) in [6.45, 7) is 2.47. The Morgan fingerprint density at radius 2 is 2.22 bits per heavy atom. The van der Waals surface area contributed by atoms with Crippen LogP contribution in [0.4, 0.5) is 10.1 Å². The monoisotopic (exact) mass is 241 g/mol. The van der Waals surface area contributed by atoms with Gasteiger partial charge in [0.2, 0.25) is 0 Å². The minimum Gasteiger partial charge on any atom is -0.379 e. The van der Waals surface area contributed by atoms with Crippen LogP contribution in [0, 0.1) is 24.1 Å². The third-order valence-corrected chi connectivity index (χ3v) is 2.60. The molecule has 90 valence electrons. The first-order valence-electron chi connectivity index (χ1n) is 5.54. The molecule has 1 aromatic heterocycles. The molecule has 0 amide bonds. The summed E-state index contributed by atoms with van der Waals surface area (Å²) in [5.41, 5.74) is 2.86. The van der Waals surface area contributed by atoms with Crippen LogP contribution < -0.4 is 5.32 Å². The van der Waals surface area contributed by atoms with Crippen molar-refractivity contribution in [3.63, 3.8) is 0 Å². The van der Waals surface area contributed by atoms with E-state index in [4.69, 9.17) is 5.26 Å². The molecule has 0 atom stereocenters. The second kappa shape index (κ2) is 5.28. The molecule has 3 nitrogen and oxygen atoms in total. The lowest BCUT2D eigenvalue weighted by atomic mass is 10.2. The predicted molar refractivity (Wildman–Crippen MR) is 67.4 cm³/mol. The fourth-order valence-corrected chi connectivity index (χ4v) is 1.65. The average Bonchev–Trinajstić information content (AvgIpc) is 2.37. The fourth-order valence-electron chi connectivity index (χ4n) is 1.65. The molecule has 0 saturated carbocycles. The van der Waals surface area contributed by atoms with Gasteiger partial charge in [0, 0.05) is 11.9 Å². The van der Waals surface area contributed by atoms with Crippen LogP contribution in [-0.4, -0.2) is 4.98 Å². The van der Waals surface area contributed by atoms with Gasteiger partial charge >= 0.3 is 0 Å². The minimum absolute atomic E-state index is 0.301. The third kappa shape index (κ3) is 2.83. The summed E-state index contributed by atoms with van der Waals surface area (Å²) < 4.78 is 13.2. The number of aryl methyl sites for hydroxylation is 1. The van der Waals surface area contributed by atoms with Crippen LogP contribution in [0.15, 0.2) is 36.5 Å². The van der Waals surface area contributed by atoms with E-state index in [2.05, 4.69) is 10.3 Å². The number of anilines is 1. The molecular weight excluding hydrogens is 229 g/mol. The zero-order valence-electron chi connectivity index (χ0n) is 9.94. The second-order valence-corrected chi connectivity index (χ2v) is 3.96. The van der Waals surface area contributed by atoms with Crippen molar-refractivity contribution >= 4 is 5.69 Å². The lowest BCUT2D eigenvalue weighted by Crippen LogP contribution is -2.04. The van der Waals surface area contributed by atoms with Crippen molar-refractivity contribution in [2.45, 2.75) is 13.5 Å². The number of benzene rings is 1. The Hall–Kier alpha value is -2.41. The molecule has 0 unspecified atom stereocenters. The number of aromatic nitrogens is 1. The van der Waals surface area contributed by atoms with Crippen LogP contribution in [-0.2, 0) is 6.54 Å². The molecule has 2 aromatic rings. The van der Waals surface area contributed by atoms with Crippen molar-refractivity contribution in [1.29, 1.82) is 5.26 Å². The number of pyridine rings is 1. The highest BCUT2D eigenvalue weighted by Crippen LogP contribution is 2.15. The van der Waals surface area contributed by atoms with Gasteiger partial charge in [0.15, 0.2) is 0 Å². The highest BCUT2D eigenvalue weighted by Gasteiger charge is 2.02. The molecule has 0 aliphatic rings. The summed E-state index contributed by atoms with van der Waals surface area (Å²) in [6, 6.07) is 9.94. The summed E-state index contributed by atoms with van der Waals surface area (Å²) in [4.78, 5) is 4.24. The fraction of sp³-hybridized carbons (Fsp3) is 0.143. The van der Waals surface area contributed by atoms with Gasteiger partial charge in [0.25, 0.3) is 0 Å². The standard InChI is InChI=1S/C14H12FN3/c1-10-3-2-4-17-14(10)9-18-13-6-11(8-16)5-12(15)7-13/h2-7,18H,9H2,1H3. The molecular formula is C14H12FN3. The Bertz CT molecular complexity index is 602. The molecule has 18 heavy (non-hydrogen) atoms.